The molecular weight excluding hydrogens is 658 g/mol. The van der Waals surface area contributed by atoms with Gasteiger partial charge >= 0.3 is 0 Å². The summed E-state index contributed by atoms with van der Waals surface area (Å²) in [4.78, 5) is 0. The molecule has 2 heteroatoms. The summed E-state index contributed by atoms with van der Waals surface area (Å²) in [5, 5.41) is 22.0. The molecule has 0 aliphatic rings. The summed E-state index contributed by atoms with van der Waals surface area (Å²) in [5.41, 5.74) is 3.58. The first-order valence-electron chi connectivity index (χ1n) is 18.3. The Bertz CT molecular complexity index is 3300. The van der Waals surface area contributed by atoms with Crippen molar-refractivity contribution in [2.24, 2.45) is 0 Å². The van der Waals surface area contributed by atoms with Crippen LogP contribution in [-0.2, 0) is 0 Å². The maximum Gasteiger partial charge on any atom is 0.0547 e. The summed E-state index contributed by atoms with van der Waals surface area (Å²) in [7, 11) is 0. The first-order valence-corrected chi connectivity index (χ1v) is 20.3. The summed E-state index contributed by atoms with van der Waals surface area (Å²) in [6.45, 7) is -2.57. The van der Waals surface area contributed by atoms with Gasteiger partial charge in [-0.1, -0.05) is 164 Å². The molecule has 0 fully saturated rings. The molecule has 0 saturated heterocycles. The third kappa shape index (κ3) is 3.87. The van der Waals surface area contributed by atoms with Crippen molar-refractivity contribution in [2.45, 2.75) is 0 Å². The van der Waals surface area contributed by atoms with Crippen molar-refractivity contribution >= 4 is 116 Å². The van der Waals surface area contributed by atoms with Gasteiger partial charge in [0.1, 0.15) is 0 Å². The second-order valence-corrected chi connectivity index (χ2v) is 17.7. The molecule has 1 aromatic heterocycles. The first kappa shape index (κ1) is 29.2. The zero-order valence-electron chi connectivity index (χ0n) is 28.9. The molecular formula is C51H32NP. The highest BCUT2D eigenvalue weighted by Gasteiger charge is 2.29. The third-order valence-corrected chi connectivity index (χ3v) is 15.5. The molecule has 0 aliphatic carbocycles. The van der Waals surface area contributed by atoms with Gasteiger partial charge in [-0.25, -0.2) is 0 Å². The van der Waals surface area contributed by atoms with Gasteiger partial charge in [0.15, 0.2) is 0 Å². The van der Waals surface area contributed by atoms with E-state index in [1.165, 1.54) is 102 Å². The highest BCUT2D eigenvalue weighted by Crippen LogP contribution is 2.50. The Morgan fingerprint density at radius 3 is 1.38 bits per heavy atom. The van der Waals surface area contributed by atoms with Gasteiger partial charge in [0.05, 0.1) is 11.0 Å². The zero-order valence-corrected chi connectivity index (χ0v) is 29.8. The quantitative estimate of drug-likeness (QED) is 0.128. The van der Waals surface area contributed by atoms with Crippen molar-refractivity contribution in [3.8, 4) is 5.69 Å². The van der Waals surface area contributed by atoms with Gasteiger partial charge in [0.2, 0.25) is 0 Å². The monoisotopic (exact) mass is 689 g/mol. The standard InChI is InChI=1S/C51H32NP/c1-53(46-29-23-36-19-17-32-9-7-11-34-21-26-42(46)50(36)48(32)34,47-30-24-37-20-18-33-10-8-12-35-22-27-43(47)51(37)49(33)35)39-25-28-41-40-15-5-6-16-44(40)52(45(41)31-39)38-13-3-2-4-14-38/h2-31H,1H2. The molecule has 0 radical (unpaired) electrons. The van der Waals surface area contributed by atoms with Crippen LogP contribution in [0.25, 0.3) is 92.1 Å². The van der Waals surface area contributed by atoms with Crippen LogP contribution in [0.4, 0.5) is 0 Å². The van der Waals surface area contributed by atoms with Crippen molar-refractivity contribution in [3.05, 3.63) is 182 Å². The normalized spacial score (nSPS) is 12.6. The molecule has 0 aliphatic heterocycles. The minimum absolute atomic E-state index is 1.16. The predicted octanol–water partition coefficient (Wildman–Crippen LogP) is 12.3. The van der Waals surface area contributed by atoms with Crippen LogP contribution in [0, 0.1) is 0 Å². The number of hydrogen-bond acceptors (Lipinski definition) is 0. The molecule has 12 aromatic rings. The Morgan fingerprint density at radius 1 is 0.340 bits per heavy atom. The lowest BCUT2D eigenvalue weighted by molar-refractivity contribution is 1.18. The van der Waals surface area contributed by atoms with Crippen LogP contribution in [0.5, 0.6) is 0 Å². The van der Waals surface area contributed by atoms with E-state index in [2.05, 4.69) is 187 Å². The van der Waals surface area contributed by atoms with Gasteiger partial charge in [0, 0.05) is 16.5 Å². The minimum Gasteiger partial charge on any atom is -0.309 e. The van der Waals surface area contributed by atoms with Gasteiger partial charge in [-0.15, -0.1) is 0 Å². The highest BCUT2D eigenvalue weighted by atomic mass is 31.2. The first-order chi connectivity index (χ1) is 26.2. The lowest BCUT2D eigenvalue weighted by Gasteiger charge is -2.30. The van der Waals surface area contributed by atoms with Gasteiger partial charge in [-0.05, 0) is 112 Å². The second kappa shape index (κ2) is 10.6. The van der Waals surface area contributed by atoms with Gasteiger partial charge < -0.3 is 4.57 Å². The van der Waals surface area contributed by atoms with Crippen molar-refractivity contribution in [1.29, 1.82) is 0 Å². The van der Waals surface area contributed by atoms with Crippen molar-refractivity contribution in [2.75, 3.05) is 0 Å². The van der Waals surface area contributed by atoms with E-state index in [0.29, 0.717) is 0 Å². The number of benzene rings is 11. The maximum absolute atomic E-state index is 5.51. The molecule has 11 aromatic carbocycles. The molecule has 0 saturated carbocycles. The zero-order chi connectivity index (χ0) is 34.8. The smallest absolute Gasteiger partial charge is 0.0547 e. The summed E-state index contributed by atoms with van der Waals surface area (Å²) >= 11 is 0. The van der Waals surface area contributed by atoms with E-state index in [4.69, 9.17) is 6.30 Å². The Hall–Kier alpha value is -6.40. The van der Waals surface area contributed by atoms with Crippen LogP contribution >= 0.6 is 6.89 Å². The van der Waals surface area contributed by atoms with Crippen LogP contribution in [0.2, 0.25) is 0 Å². The number of nitrogens with zero attached hydrogens (tertiary/aromatic N) is 1. The molecule has 0 amide bonds. The molecule has 0 atom stereocenters. The van der Waals surface area contributed by atoms with Crippen molar-refractivity contribution in [1.82, 2.24) is 4.57 Å². The van der Waals surface area contributed by atoms with Crippen LogP contribution in [0.1, 0.15) is 0 Å². The fourth-order valence-corrected chi connectivity index (χ4v) is 12.9. The average Bonchev–Trinajstić information content (AvgIpc) is 3.55. The number of fused-ring (bicyclic) bond motifs is 3. The van der Waals surface area contributed by atoms with E-state index in [1.807, 2.05) is 0 Å². The Morgan fingerprint density at radius 2 is 0.792 bits per heavy atom. The van der Waals surface area contributed by atoms with Crippen LogP contribution in [0.3, 0.4) is 0 Å². The molecule has 1 nitrogen and oxygen atoms in total. The highest BCUT2D eigenvalue weighted by molar-refractivity contribution is 7.94. The number of rotatable bonds is 4. The van der Waals surface area contributed by atoms with Gasteiger partial charge in [-0.2, -0.15) is 0 Å². The van der Waals surface area contributed by atoms with Crippen molar-refractivity contribution in [3.63, 3.8) is 0 Å². The van der Waals surface area contributed by atoms with E-state index >= 15 is 0 Å². The molecule has 1 heterocycles. The Labute approximate surface area is 306 Å². The lowest BCUT2D eigenvalue weighted by Crippen LogP contribution is -2.27. The molecule has 53 heavy (non-hydrogen) atoms. The Kier molecular flexibility index (Phi) is 5.83. The molecule has 0 unspecified atom stereocenters. The van der Waals surface area contributed by atoms with E-state index in [9.17, 15) is 0 Å². The lowest BCUT2D eigenvalue weighted by atomic mass is 9.94. The number of hydrogen-bond donors (Lipinski definition) is 0. The fourth-order valence-electron chi connectivity index (χ4n) is 9.57. The van der Waals surface area contributed by atoms with E-state index in [1.54, 1.807) is 0 Å². The van der Waals surface area contributed by atoms with Crippen LogP contribution < -0.4 is 15.9 Å². The molecule has 0 N–H and O–H groups in total. The third-order valence-electron chi connectivity index (χ3n) is 11.9. The molecule has 0 spiro atoms. The topological polar surface area (TPSA) is 4.93 Å². The number of para-hydroxylation sites is 2. The summed E-state index contributed by atoms with van der Waals surface area (Å²) in [5.74, 6) is 0. The van der Waals surface area contributed by atoms with E-state index < -0.39 is 6.89 Å². The van der Waals surface area contributed by atoms with Crippen molar-refractivity contribution < 1.29 is 0 Å². The molecule has 246 valence electrons. The van der Waals surface area contributed by atoms with E-state index in [0.717, 1.165) is 5.69 Å². The summed E-state index contributed by atoms with van der Waals surface area (Å²) < 4.78 is 2.44. The average molecular weight is 690 g/mol. The molecule has 0 bridgehead atoms. The fraction of sp³-hybridized carbons (Fsp3) is 0. The van der Waals surface area contributed by atoms with Gasteiger partial charge in [-0.3, -0.25) is 0 Å². The second-order valence-electron chi connectivity index (χ2n) is 14.6. The van der Waals surface area contributed by atoms with Crippen LogP contribution in [-0.4, -0.2) is 10.9 Å². The number of aromatic nitrogens is 1. The Balaban J connectivity index is 1.25. The van der Waals surface area contributed by atoms with Gasteiger partial charge in [0.25, 0.3) is 0 Å². The molecule has 12 rings (SSSR count). The largest absolute Gasteiger partial charge is 0.309 e. The summed E-state index contributed by atoms with van der Waals surface area (Å²) in [6, 6.07) is 68.1. The van der Waals surface area contributed by atoms with E-state index in [-0.39, 0.29) is 0 Å². The SMILES string of the molecule is C=P(c1ccc2c3ccccc3n(-c3ccccc3)c2c1)(c1ccc2ccc3cccc4ccc1c2c34)c1ccc2ccc3cccc4ccc1c2c34. The minimum atomic E-state index is -2.57. The predicted molar refractivity (Wildman–Crippen MR) is 234 cm³/mol. The maximum atomic E-state index is 5.51. The van der Waals surface area contributed by atoms with Crippen LogP contribution in [0.15, 0.2) is 182 Å². The summed E-state index contributed by atoms with van der Waals surface area (Å²) in [6.07, 6.45) is 5.51.